The first-order valence-corrected chi connectivity index (χ1v) is 3.72. The van der Waals surface area contributed by atoms with Crippen molar-refractivity contribution in [1.29, 1.82) is 0 Å². The van der Waals surface area contributed by atoms with Crippen molar-refractivity contribution in [2.24, 2.45) is 0 Å². The Morgan fingerprint density at radius 2 is 2.33 bits per heavy atom. The fraction of sp³-hybridized carbons (Fsp3) is 0.375. The number of aromatic hydroxyl groups is 1. The van der Waals surface area contributed by atoms with Crippen molar-refractivity contribution in [1.82, 2.24) is 4.98 Å². The Hall–Kier alpha value is -1.32. The predicted octanol–water partition coefficient (Wildman–Crippen LogP) is 1.72. The van der Waals surface area contributed by atoms with Crippen molar-refractivity contribution >= 4 is 0 Å². The van der Waals surface area contributed by atoms with E-state index in [1.807, 2.05) is 6.92 Å². The first kappa shape index (κ1) is 8.77. The molecule has 0 amide bonds. The number of rotatable bonds is 3. The summed E-state index contributed by atoms with van der Waals surface area (Å²) in [6.07, 6.45) is 0.837. The van der Waals surface area contributed by atoms with Crippen molar-refractivity contribution in [3.8, 4) is 11.6 Å². The Morgan fingerprint density at radius 3 is 2.92 bits per heavy atom. The van der Waals surface area contributed by atoms with Gasteiger partial charge in [-0.05, 0) is 12.5 Å². The Bertz CT molecular complexity index is 265. The first-order valence-electron chi connectivity index (χ1n) is 3.72. The number of aromatic nitrogens is 1. The van der Waals surface area contributed by atoms with Crippen LogP contribution in [0, 0.1) is 5.95 Å². The van der Waals surface area contributed by atoms with E-state index in [9.17, 15) is 4.39 Å². The zero-order valence-electron chi connectivity index (χ0n) is 6.75. The van der Waals surface area contributed by atoms with Crippen molar-refractivity contribution in [3.63, 3.8) is 0 Å². The molecule has 1 aromatic heterocycles. The van der Waals surface area contributed by atoms with Gasteiger partial charge >= 0.3 is 0 Å². The molecule has 0 radical (unpaired) electrons. The van der Waals surface area contributed by atoms with Gasteiger partial charge in [-0.2, -0.15) is 9.37 Å². The van der Waals surface area contributed by atoms with Crippen LogP contribution < -0.4 is 4.74 Å². The lowest BCUT2D eigenvalue weighted by Crippen LogP contribution is -1.98. The van der Waals surface area contributed by atoms with Gasteiger partial charge in [-0.15, -0.1) is 0 Å². The lowest BCUT2D eigenvalue weighted by molar-refractivity contribution is 0.297. The molecule has 0 aliphatic heterocycles. The maximum atomic E-state index is 12.6. The van der Waals surface area contributed by atoms with Crippen LogP contribution in [0.2, 0.25) is 0 Å². The molecular weight excluding hydrogens is 161 g/mol. The fourth-order valence-electron chi connectivity index (χ4n) is 0.697. The van der Waals surface area contributed by atoms with E-state index in [0.29, 0.717) is 6.61 Å². The molecule has 12 heavy (non-hydrogen) atoms. The predicted molar refractivity (Wildman–Crippen MR) is 41.6 cm³/mol. The van der Waals surface area contributed by atoms with Gasteiger partial charge < -0.3 is 9.84 Å². The number of hydrogen-bond acceptors (Lipinski definition) is 3. The second-order valence-electron chi connectivity index (χ2n) is 2.31. The van der Waals surface area contributed by atoms with Crippen molar-refractivity contribution in [2.75, 3.05) is 6.61 Å². The fourth-order valence-corrected chi connectivity index (χ4v) is 0.697. The third kappa shape index (κ3) is 2.08. The Morgan fingerprint density at radius 1 is 1.58 bits per heavy atom. The minimum Gasteiger partial charge on any atom is -0.504 e. The standard InChI is InChI=1S/C8H10FNO2/c1-2-5-12-7-4-3-6(11)8(9)10-7/h3-4,11H,2,5H2,1H3. The zero-order valence-corrected chi connectivity index (χ0v) is 6.75. The van der Waals surface area contributed by atoms with Crippen molar-refractivity contribution in [2.45, 2.75) is 13.3 Å². The van der Waals surface area contributed by atoms with Crippen molar-refractivity contribution in [3.05, 3.63) is 18.1 Å². The summed E-state index contributed by atoms with van der Waals surface area (Å²) in [6, 6.07) is 2.64. The molecule has 0 fully saturated rings. The highest BCUT2D eigenvalue weighted by atomic mass is 19.1. The largest absolute Gasteiger partial charge is 0.504 e. The molecule has 66 valence electrons. The van der Waals surface area contributed by atoms with E-state index in [2.05, 4.69) is 4.98 Å². The molecule has 0 spiro atoms. The molecule has 0 unspecified atom stereocenters. The zero-order chi connectivity index (χ0) is 8.97. The van der Waals surface area contributed by atoms with Gasteiger partial charge in [0.2, 0.25) is 5.88 Å². The van der Waals surface area contributed by atoms with Crippen LogP contribution in [0.1, 0.15) is 13.3 Å². The molecule has 0 saturated carbocycles. The van der Waals surface area contributed by atoms with Crippen LogP contribution in [0.15, 0.2) is 12.1 Å². The van der Waals surface area contributed by atoms with E-state index in [4.69, 9.17) is 9.84 Å². The minimum atomic E-state index is -0.899. The topological polar surface area (TPSA) is 42.4 Å². The van der Waals surface area contributed by atoms with E-state index in [-0.39, 0.29) is 5.88 Å². The Labute approximate surface area is 69.8 Å². The molecule has 1 aromatic rings. The number of pyridine rings is 1. The molecule has 0 bridgehead atoms. The number of ether oxygens (including phenoxy) is 1. The lowest BCUT2D eigenvalue weighted by atomic mass is 10.4. The van der Waals surface area contributed by atoms with Gasteiger partial charge in [-0.25, -0.2) is 0 Å². The summed E-state index contributed by atoms with van der Waals surface area (Å²) < 4.78 is 17.6. The molecule has 0 atom stereocenters. The van der Waals surface area contributed by atoms with Crippen LogP contribution in [0.5, 0.6) is 11.6 Å². The molecule has 3 nitrogen and oxygen atoms in total. The van der Waals surface area contributed by atoms with Gasteiger partial charge in [-0.3, -0.25) is 0 Å². The number of halogens is 1. The SMILES string of the molecule is CCCOc1ccc(O)c(F)n1. The molecule has 1 N–H and O–H groups in total. The quantitative estimate of drug-likeness (QED) is 0.704. The summed E-state index contributed by atoms with van der Waals surface area (Å²) in [5.41, 5.74) is 0. The average molecular weight is 171 g/mol. The van der Waals surface area contributed by atoms with Crippen LogP contribution in [-0.2, 0) is 0 Å². The van der Waals surface area contributed by atoms with Crippen molar-refractivity contribution < 1.29 is 14.2 Å². The van der Waals surface area contributed by atoms with E-state index < -0.39 is 11.7 Å². The summed E-state index contributed by atoms with van der Waals surface area (Å²) in [4.78, 5) is 3.37. The van der Waals surface area contributed by atoms with Gasteiger partial charge in [0.15, 0.2) is 5.75 Å². The maximum Gasteiger partial charge on any atom is 0.258 e. The highest BCUT2D eigenvalue weighted by molar-refractivity contribution is 5.22. The third-order valence-electron chi connectivity index (χ3n) is 1.26. The van der Waals surface area contributed by atoms with Gasteiger partial charge in [0, 0.05) is 6.07 Å². The van der Waals surface area contributed by atoms with Crippen LogP contribution in [0.4, 0.5) is 4.39 Å². The average Bonchev–Trinajstić information content (AvgIpc) is 2.07. The van der Waals surface area contributed by atoms with Crippen LogP contribution in [0.25, 0.3) is 0 Å². The third-order valence-corrected chi connectivity index (χ3v) is 1.26. The Kier molecular flexibility index (Phi) is 2.85. The van der Waals surface area contributed by atoms with E-state index in [1.165, 1.54) is 12.1 Å². The smallest absolute Gasteiger partial charge is 0.258 e. The normalized spacial score (nSPS) is 9.83. The van der Waals surface area contributed by atoms with Crippen LogP contribution in [-0.4, -0.2) is 16.7 Å². The van der Waals surface area contributed by atoms with Gasteiger partial charge in [0.25, 0.3) is 5.95 Å². The molecule has 1 rings (SSSR count). The highest BCUT2D eigenvalue weighted by Gasteiger charge is 2.02. The monoisotopic (exact) mass is 171 g/mol. The lowest BCUT2D eigenvalue weighted by Gasteiger charge is -2.02. The summed E-state index contributed by atoms with van der Waals surface area (Å²) in [5, 5.41) is 8.78. The molecule has 0 aliphatic carbocycles. The Balaban J connectivity index is 2.69. The highest BCUT2D eigenvalue weighted by Crippen LogP contribution is 2.16. The molecule has 0 aromatic carbocycles. The number of nitrogens with zero attached hydrogens (tertiary/aromatic N) is 1. The number of hydrogen-bond donors (Lipinski definition) is 1. The molecule has 1 heterocycles. The van der Waals surface area contributed by atoms with E-state index >= 15 is 0 Å². The molecular formula is C8H10FNO2. The molecule has 0 aliphatic rings. The summed E-state index contributed by atoms with van der Waals surface area (Å²) >= 11 is 0. The minimum absolute atomic E-state index is 0.201. The molecule has 4 heteroatoms. The van der Waals surface area contributed by atoms with Gasteiger partial charge in [0.1, 0.15) is 0 Å². The van der Waals surface area contributed by atoms with Crippen LogP contribution >= 0.6 is 0 Å². The van der Waals surface area contributed by atoms with Crippen LogP contribution in [0.3, 0.4) is 0 Å². The summed E-state index contributed by atoms with van der Waals surface area (Å²) in [6.45, 7) is 2.44. The summed E-state index contributed by atoms with van der Waals surface area (Å²) in [5.74, 6) is -1.16. The maximum absolute atomic E-state index is 12.6. The second-order valence-corrected chi connectivity index (χ2v) is 2.31. The first-order chi connectivity index (χ1) is 5.74. The molecule has 0 saturated heterocycles. The van der Waals surface area contributed by atoms with Gasteiger partial charge in [0.05, 0.1) is 6.61 Å². The van der Waals surface area contributed by atoms with Gasteiger partial charge in [-0.1, -0.05) is 6.92 Å². The second kappa shape index (κ2) is 3.90. The van der Waals surface area contributed by atoms with E-state index in [0.717, 1.165) is 6.42 Å². The summed E-state index contributed by atoms with van der Waals surface area (Å²) in [7, 11) is 0. The van der Waals surface area contributed by atoms with E-state index in [1.54, 1.807) is 0 Å².